The van der Waals surface area contributed by atoms with Gasteiger partial charge in [-0.1, -0.05) is 30.3 Å². The van der Waals surface area contributed by atoms with E-state index in [4.69, 9.17) is 0 Å². The van der Waals surface area contributed by atoms with Crippen LogP contribution in [0.5, 0.6) is 0 Å². The second-order valence-electron chi connectivity index (χ2n) is 4.88. The molecule has 0 bridgehead atoms. The van der Waals surface area contributed by atoms with Gasteiger partial charge in [-0.3, -0.25) is 14.9 Å². The molecule has 0 aliphatic carbocycles. The molecule has 3 rings (SSSR count). The van der Waals surface area contributed by atoms with E-state index in [1.807, 2.05) is 30.3 Å². The van der Waals surface area contributed by atoms with E-state index in [1.54, 1.807) is 12.1 Å². The maximum Gasteiger partial charge on any atom is 0.270 e. The zero-order valence-electron chi connectivity index (χ0n) is 11.6. The number of amides is 1. The molecule has 2 aromatic carbocycles. The van der Waals surface area contributed by atoms with Crippen LogP contribution in [0.1, 0.15) is 16.1 Å². The van der Waals surface area contributed by atoms with Crippen LogP contribution in [-0.4, -0.2) is 15.8 Å². The van der Waals surface area contributed by atoms with Crippen molar-refractivity contribution in [3.63, 3.8) is 0 Å². The largest absolute Gasteiger partial charge is 0.351 e. The molecule has 0 radical (unpaired) electrons. The predicted octanol–water partition coefficient (Wildman–Crippen LogP) is 3.01. The lowest BCUT2D eigenvalue weighted by Crippen LogP contribution is -2.22. The number of H-pyrrole nitrogens is 1. The topological polar surface area (TPSA) is 88.0 Å². The standard InChI is InChI=1S/C16H13N3O3/c20-16(17-10-11-4-2-1-3-5-11)15-9-12-8-13(19(21)22)6-7-14(12)18-15/h1-9,18H,10H2,(H,17,20). The van der Waals surface area contributed by atoms with E-state index in [0.717, 1.165) is 5.56 Å². The van der Waals surface area contributed by atoms with Crippen molar-refractivity contribution in [1.82, 2.24) is 10.3 Å². The van der Waals surface area contributed by atoms with Gasteiger partial charge in [0.15, 0.2) is 0 Å². The molecule has 1 aromatic heterocycles. The number of nitro groups is 1. The minimum absolute atomic E-state index is 0.00254. The molecule has 0 fully saturated rings. The van der Waals surface area contributed by atoms with Gasteiger partial charge in [0.2, 0.25) is 0 Å². The molecule has 6 nitrogen and oxygen atoms in total. The van der Waals surface area contributed by atoms with Crippen LogP contribution >= 0.6 is 0 Å². The number of carbonyl (C=O) groups is 1. The van der Waals surface area contributed by atoms with Crippen molar-refractivity contribution in [2.75, 3.05) is 0 Å². The molecule has 0 saturated carbocycles. The minimum atomic E-state index is -0.457. The number of hydrogen-bond donors (Lipinski definition) is 2. The number of aromatic nitrogens is 1. The molecule has 0 saturated heterocycles. The van der Waals surface area contributed by atoms with Gasteiger partial charge in [0.1, 0.15) is 5.69 Å². The fraction of sp³-hybridized carbons (Fsp3) is 0.0625. The number of nitro benzene ring substituents is 1. The monoisotopic (exact) mass is 295 g/mol. The second kappa shape index (κ2) is 5.69. The maximum absolute atomic E-state index is 12.1. The molecule has 22 heavy (non-hydrogen) atoms. The lowest BCUT2D eigenvalue weighted by atomic mass is 10.2. The summed E-state index contributed by atoms with van der Waals surface area (Å²) in [5.74, 6) is -0.247. The first-order valence-corrected chi connectivity index (χ1v) is 6.73. The van der Waals surface area contributed by atoms with Crippen molar-refractivity contribution < 1.29 is 9.72 Å². The fourth-order valence-electron chi connectivity index (χ4n) is 2.23. The van der Waals surface area contributed by atoms with Gasteiger partial charge in [-0.25, -0.2) is 0 Å². The molecule has 0 aliphatic rings. The highest BCUT2D eigenvalue weighted by Gasteiger charge is 2.12. The van der Waals surface area contributed by atoms with E-state index in [-0.39, 0.29) is 11.6 Å². The van der Waals surface area contributed by atoms with Crippen molar-refractivity contribution in [3.8, 4) is 0 Å². The van der Waals surface area contributed by atoms with E-state index in [2.05, 4.69) is 10.3 Å². The van der Waals surface area contributed by atoms with Gasteiger partial charge in [0.05, 0.1) is 4.92 Å². The highest BCUT2D eigenvalue weighted by atomic mass is 16.6. The first-order chi connectivity index (χ1) is 10.6. The Hall–Kier alpha value is -3.15. The normalized spacial score (nSPS) is 10.5. The number of non-ortho nitro benzene ring substituents is 1. The maximum atomic E-state index is 12.1. The van der Waals surface area contributed by atoms with E-state index < -0.39 is 4.92 Å². The SMILES string of the molecule is O=C(NCc1ccccc1)c1cc2cc([N+](=O)[O-])ccc2[nH]1. The first kappa shape index (κ1) is 13.8. The summed E-state index contributed by atoms with van der Waals surface area (Å²) in [6.07, 6.45) is 0. The van der Waals surface area contributed by atoms with Crippen molar-refractivity contribution >= 4 is 22.5 Å². The molecule has 6 heteroatoms. The molecular weight excluding hydrogens is 282 g/mol. The summed E-state index contributed by atoms with van der Waals surface area (Å²) in [6.45, 7) is 0.426. The highest BCUT2D eigenvalue weighted by molar-refractivity contribution is 5.98. The lowest BCUT2D eigenvalue weighted by molar-refractivity contribution is -0.384. The molecule has 1 amide bonds. The van der Waals surface area contributed by atoms with Crippen molar-refractivity contribution in [2.45, 2.75) is 6.54 Å². The van der Waals surface area contributed by atoms with Gasteiger partial charge in [0.25, 0.3) is 11.6 Å². The third-order valence-corrected chi connectivity index (χ3v) is 3.36. The average Bonchev–Trinajstić information content (AvgIpc) is 2.96. The van der Waals surface area contributed by atoms with Crippen LogP contribution in [0, 0.1) is 10.1 Å². The zero-order valence-corrected chi connectivity index (χ0v) is 11.6. The number of nitrogens with one attached hydrogen (secondary N) is 2. The van der Waals surface area contributed by atoms with Crippen LogP contribution in [0.25, 0.3) is 10.9 Å². The highest BCUT2D eigenvalue weighted by Crippen LogP contribution is 2.21. The van der Waals surface area contributed by atoms with Crippen LogP contribution in [-0.2, 0) is 6.54 Å². The summed E-state index contributed by atoms with van der Waals surface area (Å²) in [5, 5.41) is 14.2. The first-order valence-electron chi connectivity index (χ1n) is 6.73. The number of nitrogens with zero attached hydrogens (tertiary/aromatic N) is 1. The molecule has 1 heterocycles. The average molecular weight is 295 g/mol. The Kier molecular flexibility index (Phi) is 3.57. The molecular formula is C16H13N3O3. The number of fused-ring (bicyclic) bond motifs is 1. The van der Waals surface area contributed by atoms with Gasteiger partial charge in [-0.2, -0.15) is 0 Å². The number of carbonyl (C=O) groups excluding carboxylic acids is 1. The fourth-order valence-corrected chi connectivity index (χ4v) is 2.23. The zero-order chi connectivity index (χ0) is 15.5. The molecule has 110 valence electrons. The molecule has 0 spiro atoms. The van der Waals surface area contributed by atoms with Crippen LogP contribution in [0.15, 0.2) is 54.6 Å². The predicted molar refractivity (Wildman–Crippen MR) is 82.6 cm³/mol. The Bertz CT molecular complexity index is 840. The molecule has 0 aliphatic heterocycles. The number of hydrogen-bond acceptors (Lipinski definition) is 3. The van der Waals surface area contributed by atoms with Crippen LogP contribution in [0.4, 0.5) is 5.69 Å². The Morgan fingerprint density at radius 3 is 2.64 bits per heavy atom. The third kappa shape index (κ3) is 2.80. The third-order valence-electron chi connectivity index (χ3n) is 3.36. The van der Waals surface area contributed by atoms with Gasteiger partial charge in [-0.05, 0) is 17.7 Å². The summed E-state index contributed by atoms with van der Waals surface area (Å²) in [7, 11) is 0. The van der Waals surface area contributed by atoms with E-state index in [0.29, 0.717) is 23.1 Å². The molecule has 3 aromatic rings. The Morgan fingerprint density at radius 2 is 1.91 bits per heavy atom. The summed E-state index contributed by atoms with van der Waals surface area (Å²) < 4.78 is 0. The lowest BCUT2D eigenvalue weighted by Gasteiger charge is -2.03. The molecule has 0 atom stereocenters. The Labute approximate surface area is 125 Å². The van der Waals surface area contributed by atoms with E-state index in [9.17, 15) is 14.9 Å². The van der Waals surface area contributed by atoms with Gasteiger partial charge in [0, 0.05) is 29.6 Å². The summed E-state index contributed by atoms with van der Waals surface area (Å²) in [4.78, 5) is 25.4. The van der Waals surface area contributed by atoms with E-state index >= 15 is 0 Å². The van der Waals surface area contributed by atoms with Gasteiger partial charge >= 0.3 is 0 Å². The van der Waals surface area contributed by atoms with Crippen molar-refractivity contribution in [1.29, 1.82) is 0 Å². The summed E-state index contributed by atoms with van der Waals surface area (Å²) in [5.41, 5.74) is 2.08. The Balaban J connectivity index is 1.78. The Morgan fingerprint density at radius 1 is 1.14 bits per heavy atom. The van der Waals surface area contributed by atoms with Crippen LogP contribution in [0.2, 0.25) is 0 Å². The number of rotatable bonds is 4. The molecule has 2 N–H and O–H groups in total. The smallest absolute Gasteiger partial charge is 0.270 e. The second-order valence-corrected chi connectivity index (χ2v) is 4.88. The van der Waals surface area contributed by atoms with Crippen molar-refractivity contribution in [2.24, 2.45) is 0 Å². The van der Waals surface area contributed by atoms with Crippen molar-refractivity contribution in [3.05, 3.63) is 76.0 Å². The summed E-state index contributed by atoms with van der Waals surface area (Å²) in [6, 6.07) is 15.6. The van der Waals surface area contributed by atoms with Crippen LogP contribution in [0.3, 0.4) is 0 Å². The number of aromatic amines is 1. The van der Waals surface area contributed by atoms with Crippen LogP contribution < -0.4 is 5.32 Å². The van der Waals surface area contributed by atoms with Gasteiger partial charge < -0.3 is 10.3 Å². The van der Waals surface area contributed by atoms with Gasteiger partial charge in [-0.15, -0.1) is 0 Å². The van der Waals surface area contributed by atoms with E-state index in [1.165, 1.54) is 12.1 Å². The molecule has 0 unspecified atom stereocenters. The quantitative estimate of drug-likeness (QED) is 0.573. The minimum Gasteiger partial charge on any atom is -0.351 e. The number of benzene rings is 2. The summed E-state index contributed by atoms with van der Waals surface area (Å²) >= 11 is 0.